The molecule has 4 nitrogen and oxygen atoms in total. The fraction of sp³-hybridized carbons (Fsp3) is 0.533. The zero-order valence-corrected chi connectivity index (χ0v) is 13.3. The molecule has 0 atom stereocenters. The number of benzene rings is 1. The minimum absolute atomic E-state index is 0.0285. The van der Waals surface area contributed by atoms with Gasteiger partial charge in [-0.15, -0.1) is 0 Å². The first-order valence-electron chi connectivity index (χ1n) is 7.02. The molecule has 7 heteroatoms. The van der Waals surface area contributed by atoms with Crippen LogP contribution in [-0.2, 0) is 11.3 Å². The van der Waals surface area contributed by atoms with E-state index in [2.05, 4.69) is 10.1 Å². The molecule has 2 N–H and O–H groups in total. The minimum Gasteiger partial charge on any atom is -0.481 e. The summed E-state index contributed by atoms with van der Waals surface area (Å²) < 4.78 is 29.2. The van der Waals surface area contributed by atoms with Crippen molar-refractivity contribution in [3.63, 3.8) is 0 Å². The Balaban J connectivity index is 2.79. The van der Waals surface area contributed by atoms with Crippen molar-refractivity contribution in [2.45, 2.75) is 39.8 Å². The Bertz CT molecular complexity index is 508. The first-order chi connectivity index (χ1) is 10.3. The van der Waals surface area contributed by atoms with Crippen LogP contribution in [0.15, 0.2) is 18.2 Å². The van der Waals surface area contributed by atoms with Crippen LogP contribution in [0.1, 0.15) is 32.3 Å². The number of carboxylic acids is 1. The largest absolute Gasteiger partial charge is 0.481 e. The maximum atomic E-state index is 12.4. The van der Waals surface area contributed by atoms with Crippen LogP contribution in [0.4, 0.5) is 8.78 Å². The molecule has 22 heavy (non-hydrogen) atoms. The van der Waals surface area contributed by atoms with Gasteiger partial charge in [-0.1, -0.05) is 25.4 Å². The molecule has 0 amide bonds. The first-order valence-corrected chi connectivity index (χ1v) is 7.39. The number of nitrogens with one attached hydrogen (secondary N) is 1. The average Bonchev–Trinajstić information content (AvgIpc) is 2.46. The zero-order chi connectivity index (χ0) is 16.8. The van der Waals surface area contributed by atoms with Gasteiger partial charge in [-0.2, -0.15) is 8.78 Å². The predicted molar refractivity (Wildman–Crippen MR) is 80.4 cm³/mol. The van der Waals surface area contributed by atoms with Gasteiger partial charge in [0.05, 0.1) is 5.41 Å². The van der Waals surface area contributed by atoms with Crippen LogP contribution in [-0.4, -0.2) is 24.2 Å². The number of ether oxygens (including phenoxy) is 1. The van der Waals surface area contributed by atoms with E-state index in [9.17, 15) is 18.7 Å². The minimum atomic E-state index is -2.93. The standard InChI is InChI=1S/C15H20ClF2NO3/c1-3-15(4-2,13(20)21)9-19-8-10-7-11(16)5-6-12(10)22-14(17)18/h5-7,14,19H,3-4,8-9H2,1-2H3,(H,20,21). The van der Waals surface area contributed by atoms with Crippen molar-refractivity contribution in [1.29, 1.82) is 0 Å². The molecule has 1 aromatic rings. The van der Waals surface area contributed by atoms with Crippen LogP contribution < -0.4 is 10.1 Å². The van der Waals surface area contributed by atoms with Crippen LogP contribution in [0, 0.1) is 5.41 Å². The molecule has 0 aliphatic heterocycles. The fourth-order valence-electron chi connectivity index (χ4n) is 2.21. The highest BCUT2D eigenvalue weighted by atomic mass is 35.5. The third-order valence-electron chi connectivity index (χ3n) is 3.82. The van der Waals surface area contributed by atoms with E-state index in [4.69, 9.17) is 11.6 Å². The van der Waals surface area contributed by atoms with Gasteiger partial charge in [-0.3, -0.25) is 4.79 Å². The monoisotopic (exact) mass is 335 g/mol. The third kappa shape index (κ3) is 4.81. The summed E-state index contributed by atoms with van der Waals surface area (Å²) in [7, 11) is 0. The van der Waals surface area contributed by atoms with E-state index in [1.165, 1.54) is 18.2 Å². The van der Waals surface area contributed by atoms with Crippen LogP contribution in [0.3, 0.4) is 0 Å². The summed E-state index contributed by atoms with van der Waals surface area (Å²) >= 11 is 5.86. The Hall–Kier alpha value is -1.40. The summed E-state index contributed by atoms with van der Waals surface area (Å²) in [5, 5.41) is 12.8. The van der Waals surface area contributed by atoms with Crippen molar-refractivity contribution in [3.05, 3.63) is 28.8 Å². The normalized spacial score (nSPS) is 11.7. The number of carboxylic acid groups (broad SMARTS) is 1. The Labute approximate surface area is 133 Å². The molecule has 124 valence electrons. The Morgan fingerprint density at radius 1 is 1.41 bits per heavy atom. The maximum Gasteiger partial charge on any atom is 0.387 e. The van der Waals surface area contributed by atoms with Crippen LogP contribution >= 0.6 is 11.6 Å². The topological polar surface area (TPSA) is 58.6 Å². The van der Waals surface area contributed by atoms with Gasteiger partial charge >= 0.3 is 12.6 Å². The Kier molecular flexibility index (Phi) is 7.03. The summed E-state index contributed by atoms with van der Waals surface area (Å²) in [5.41, 5.74) is -0.415. The van der Waals surface area contributed by atoms with E-state index in [0.29, 0.717) is 23.4 Å². The zero-order valence-electron chi connectivity index (χ0n) is 12.5. The van der Waals surface area contributed by atoms with Crippen molar-refractivity contribution in [1.82, 2.24) is 5.32 Å². The lowest BCUT2D eigenvalue weighted by Crippen LogP contribution is -2.40. The van der Waals surface area contributed by atoms with E-state index in [0.717, 1.165) is 0 Å². The molecule has 0 aromatic heterocycles. The summed E-state index contributed by atoms with van der Waals surface area (Å²) in [6, 6.07) is 4.35. The van der Waals surface area contributed by atoms with Gasteiger partial charge in [-0.05, 0) is 31.0 Å². The molecule has 0 spiro atoms. The molecule has 0 fully saturated rings. The molecule has 0 bridgehead atoms. The molecule has 0 aliphatic carbocycles. The average molecular weight is 336 g/mol. The lowest BCUT2D eigenvalue weighted by molar-refractivity contribution is -0.149. The van der Waals surface area contributed by atoms with Crippen molar-refractivity contribution in [3.8, 4) is 5.75 Å². The molecule has 0 aliphatic rings. The number of carbonyl (C=O) groups is 1. The van der Waals surface area contributed by atoms with Crippen LogP contribution in [0.25, 0.3) is 0 Å². The number of aliphatic carboxylic acids is 1. The summed E-state index contributed by atoms with van der Waals surface area (Å²) in [6.07, 6.45) is 0.948. The van der Waals surface area contributed by atoms with Gasteiger partial charge < -0.3 is 15.2 Å². The smallest absolute Gasteiger partial charge is 0.387 e. The van der Waals surface area contributed by atoms with Crippen LogP contribution in [0.5, 0.6) is 5.75 Å². The van der Waals surface area contributed by atoms with Gasteiger partial charge in [0, 0.05) is 23.7 Å². The van der Waals surface area contributed by atoms with E-state index in [1.54, 1.807) is 0 Å². The van der Waals surface area contributed by atoms with Crippen molar-refractivity contribution >= 4 is 17.6 Å². The van der Waals surface area contributed by atoms with Gasteiger partial charge in [0.15, 0.2) is 0 Å². The van der Waals surface area contributed by atoms with Gasteiger partial charge in [0.25, 0.3) is 0 Å². The maximum absolute atomic E-state index is 12.4. The van der Waals surface area contributed by atoms with E-state index in [-0.39, 0.29) is 18.8 Å². The van der Waals surface area contributed by atoms with Gasteiger partial charge in [-0.25, -0.2) is 0 Å². The lowest BCUT2D eigenvalue weighted by atomic mass is 9.82. The van der Waals surface area contributed by atoms with Crippen molar-refractivity contribution in [2.75, 3.05) is 6.54 Å². The molecule has 1 aromatic carbocycles. The number of alkyl halides is 2. The highest BCUT2D eigenvalue weighted by Gasteiger charge is 2.34. The second-order valence-electron chi connectivity index (χ2n) is 5.03. The Morgan fingerprint density at radius 2 is 2.05 bits per heavy atom. The summed E-state index contributed by atoms with van der Waals surface area (Å²) in [6.45, 7) is 1.12. The van der Waals surface area contributed by atoms with Crippen LogP contribution in [0.2, 0.25) is 5.02 Å². The van der Waals surface area contributed by atoms with Crippen molar-refractivity contribution in [2.24, 2.45) is 5.41 Å². The molecular formula is C15H20ClF2NO3. The van der Waals surface area contributed by atoms with Gasteiger partial charge in [0.1, 0.15) is 5.75 Å². The molecule has 0 saturated heterocycles. The molecule has 0 unspecified atom stereocenters. The molecule has 0 saturated carbocycles. The number of halogens is 3. The highest BCUT2D eigenvalue weighted by molar-refractivity contribution is 6.30. The van der Waals surface area contributed by atoms with E-state index < -0.39 is 18.0 Å². The highest BCUT2D eigenvalue weighted by Crippen LogP contribution is 2.27. The number of hydrogen-bond donors (Lipinski definition) is 2. The second-order valence-corrected chi connectivity index (χ2v) is 5.46. The SMILES string of the molecule is CCC(CC)(CNCc1cc(Cl)ccc1OC(F)F)C(=O)O. The Morgan fingerprint density at radius 3 is 2.55 bits per heavy atom. The summed E-state index contributed by atoms with van der Waals surface area (Å²) in [5.74, 6) is -0.846. The van der Waals surface area contributed by atoms with Crippen molar-refractivity contribution < 1.29 is 23.4 Å². The van der Waals surface area contributed by atoms with E-state index >= 15 is 0 Å². The molecule has 1 rings (SSSR count). The molecular weight excluding hydrogens is 316 g/mol. The molecule has 0 radical (unpaired) electrons. The molecule has 0 heterocycles. The van der Waals surface area contributed by atoms with E-state index in [1.807, 2.05) is 13.8 Å². The van der Waals surface area contributed by atoms with Gasteiger partial charge in [0.2, 0.25) is 0 Å². The predicted octanol–water partition coefficient (Wildman–Crippen LogP) is 3.92. The number of rotatable bonds is 9. The quantitative estimate of drug-likeness (QED) is 0.718. The second kappa shape index (κ2) is 8.29. The lowest BCUT2D eigenvalue weighted by Gasteiger charge is -2.27. The number of hydrogen-bond acceptors (Lipinski definition) is 3. The summed E-state index contributed by atoms with van der Waals surface area (Å²) in [4.78, 5) is 11.4. The fourth-order valence-corrected chi connectivity index (χ4v) is 2.41. The first kappa shape index (κ1) is 18.6. The third-order valence-corrected chi connectivity index (χ3v) is 4.06.